The van der Waals surface area contributed by atoms with E-state index in [1.54, 1.807) is 30.3 Å². The lowest BCUT2D eigenvalue weighted by Crippen LogP contribution is -2.25. The molecule has 0 atom stereocenters. The first kappa shape index (κ1) is 19.6. The van der Waals surface area contributed by atoms with E-state index in [1.165, 1.54) is 12.3 Å². The van der Waals surface area contributed by atoms with Gasteiger partial charge in [-0.05, 0) is 65.1 Å². The number of halogens is 1. The first-order valence-corrected chi connectivity index (χ1v) is 9.34. The van der Waals surface area contributed by atoms with E-state index in [4.69, 9.17) is 4.42 Å². The Bertz CT molecular complexity index is 1010. The van der Waals surface area contributed by atoms with Gasteiger partial charge in [0.05, 0.1) is 18.3 Å². The van der Waals surface area contributed by atoms with Crippen molar-refractivity contribution in [2.24, 2.45) is 5.10 Å². The van der Waals surface area contributed by atoms with Gasteiger partial charge in [0.15, 0.2) is 0 Å². The fourth-order valence-electron chi connectivity index (χ4n) is 2.41. The molecule has 3 aromatic rings. The van der Waals surface area contributed by atoms with Crippen molar-refractivity contribution in [1.82, 2.24) is 5.43 Å². The number of carbonyl (C=O) groups is 2. The number of hydrazone groups is 1. The van der Waals surface area contributed by atoms with Crippen LogP contribution in [-0.4, -0.2) is 29.7 Å². The molecule has 2 aromatic carbocycles. The van der Waals surface area contributed by atoms with Crippen LogP contribution in [0.3, 0.4) is 0 Å². The Hall–Kier alpha value is -3.14. The van der Waals surface area contributed by atoms with Crippen molar-refractivity contribution in [3.05, 3.63) is 75.6 Å². The second-order valence-electron chi connectivity index (χ2n) is 5.71. The molecule has 7 nitrogen and oxygen atoms in total. The number of anilines is 1. The number of carbonyl (C=O) groups excluding carboxylic acids is 1. The van der Waals surface area contributed by atoms with Gasteiger partial charge >= 0.3 is 5.97 Å². The van der Waals surface area contributed by atoms with Gasteiger partial charge in [0.1, 0.15) is 11.5 Å². The van der Waals surface area contributed by atoms with Gasteiger partial charge in [-0.15, -0.1) is 0 Å². The highest BCUT2D eigenvalue weighted by atomic mass is 127. The summed E-state index contributed by atoms with van der Waals surface area (Å²) in [4.78, 5) is 23.1. The number of aromatic carboxylic acids is 1. The second kappa shape index (κ2) is 9.18. The van der Waals surface area contributed by atoms with E-state index in [-0.39, 0.29) is 18.0 Å². The summed E-state index contributed by atoms with van der Waals surface area (Å²) < 4.78 is 6.71. The number of benzene rings is 2. The standard InChI is InChI=1S/C20H16IN3O4/c21-13-5-7-14(8-6-13)22-12-19(25)24-23-11-15-9-10-18(28-15)16-3-1-2-4-17(16)20(26)27/h1-11,22H,12H2,(H,24,25)(H,26,27)/b23-11-. The van der Waals surface area contributed by atoms with Crippen LogP contribution >= 0.6 is 22.6 Å². The average molecular weight is 489 g/mol. The summed E-state index contributed by atoms with van der Waals surface area (Å²) in [6.07, 6.45) is 1.36. The first-order valence-electron chi connectivity index (χ1n) is 8.27. The molecule has 3 N–H and O–H groups in total. The van der Waals surface area contributed by atoms with Crippen LogP contribution in [-0.2, 0) is 4.79 Å². The summed E-state index contributed by atoms with van der Waals surface area (Å²) in [5.74, 6) is -0.542. The molecule has 0 aliphatic carbocycles. The van der Waals surface area contributed by atoms with Crippen LogP contribution in [0, 0.1) is 3.57 Å². The summed E-state index contributed by atoms with van der Waals surface area (Å²) in [6.45, 7) is 0.0767. The minimum atomic E-state index is -1.03. The monoisotopic (exact) mass is 489 g/mol. The van der Waals surface area contributed by atoms with E-state index in [9.17, 15) is 14.7 Å². The van der Waals surface area contributed by atoms with Gasteiger partial charge in [-0.25, -0.2) is 10.2 Å². The summed E-state index contributed by atoms with van der Waals surface area (Å²) in [6, 6.07) is 17.5. The van der Waals surface area contributed by atoms with E-state index < -0.39 is 5.97 Å². The highest BCUT2D eigenvalue weighted by Gasteiger charge is 2.13. The van der Waals surface area contributed by atoms with Crippen molar-refractivity contribution in [1.29, 1.82) is 0 Å². The molecule has 0 aliphatic rings. The minimum absolute atomic E-state index is 0.0767. The molecule has 1 amide bonds. The van der Waals surface area contributed by atoms with Gasteiger partial charge in [-0.1, -0.05) is 18.2 Å². The molecule has 0 radical (unpaired) electrons. The number of carboxylic acid groups (broad SMARTS) is 1. The molecule has 0 bridgehead atoms. The quantitative estimate of drug-likeness (QED) is 0.266. The maximum atomic E-state index is 11.8. The van der Waals surface area contributed by atoms with Crippen LogP contribution in [0.5, 0.6) is 0 Å². The summed E-state index contributed by atoms with van der Waals surface area (Å²) in [5.41, 5.74) is 3.86. The zero-order valence-corrected chi connectivity index (χ0v) is 16.7. The van der Waals surface area contributed by atoms with Crippen LogP contribution in [0.1, 0.15) is 16.1 Å². The molecule has 8 heteroatoms. The van der Waals surface area contributed by atoms with E-state index in [0.717, 1.165) is 9.26 Å². The predicted octanol–water partition coefficient (Wildman–Crippen LogP) is 3.81. The van der Waals surface area contributed by atoms with Crippen molar-refractivity contribution < 1.29 is 19.1 Å². The lowest BCUT2D eigenvalue weighted by molar-refractivity contribution is -0.119. The zero-order chi connectivity index (χ0) is 19.9. The van der Waals surface area contributed by atoms with Gasteiger partial charge in [0, 0.05) is 14.8 Å². The lowest BCUT2D eigenvalue weighted by Gasteiger charge is -2.04. The topological polar surface area (TPSA) is 104 Å². The van der Waals surface area contributed by atoms with Crippen LogP contribution in [0.4, 0.5) is 5.69 Å². The number of furan rings is 1. The third kappa shape index (κ3) is 5.19. The molecule has 0 aliphatic heterocycles. The highest BCUT2D eigenvalue weighted by molar-refractivity contribution is 14.1. The Labute approximate surface area is 174 Å². The fourth-order valence-corrected chi connectivity index (χ4v) is 2.77. The molecule has 0 saturated heterocycles. The summed E-state index contributed by atoms with van der Waals surface area (Å²) in [5, 5.41) is 16.1. The van der Waals surface area contributed by atoms with E-state index in [1.807, 2.05) is 24.3 Å². The molecule has 0 fully saturated rings. The van der Waals surface area contributed by atoms with Crippen molar-refractivity contribution in [2.45, 2.75) is 0 Å². The van der Waals surface area contributed by atoms with Crippen molar-refractivity contribution in [3.63, 3.8) is 0 Å². The number of hydrogen-bond donors (Lipinski definition) is 3. The molecular weight excluding hydrogens is 473 g/mol. The Morgan fingerprint density at radius 1 is 1.07 bits per heavy atom. The van der Waals surface area contributed by atoms with Crippen molar-refractivity contribution >= 4 is 46.4 Å². The number of rotatable bonds is 7. The van der Waals surface area contributed by atoms with Gasteiger partial charge in [0.25, 0.3) is 5.91 Å². The smallest absolute Gasteiger partial charge is 0.336 e. The normalized spacial score (nSPS) is 10.8. The van der Waals surface area contributed by atoms with E-state index >= 15 is 0 Å². The molecule has 28 heavy (non-hydrogen) atoms. The third-order valence-electron chi connectivity index (χ3n) is 3.73. The lowest BCUT2D eigenvalue weighted by atomic mass is 10.1. The highest BCUT2D eigenvalue weighted by Crippen LogP contribution is 2.25. The molecule has 1 heterocycles. The maximum Gasteiger partial charge on any atom is 0.336 e. The number of amides is 1. The van der Waals surface area contributed by atoms with Gasteiger partial charge in [-0.2, -0.15) is 5.10 Å². The number of carboxylic acids is 1. The SMILES string of the molecule is O=C(CNc1ccc(I)cc1)N/N=C\c1ccc(-c2ccccc2C(=O)O)o1. The fraction of sp³-hybridized carbons (Fsp3) is 0.0500. The Morgan fingerprint density at radius 3 is 2.57 bits per heavy atom. The molecular formula is C20H16IN3O4. The Kier molecular flexibility index (Phi) is 6.43. The molecule has 3 rings (SSSR count). The first-order chi connectivity index (χ1) is 13.5. The molecule has 0 saturated carbocycles. The van der Waals surface area contributed by atoms with Crippen molar-refractivity contribution in [3.8, 4) is 11.3 Å². The van der Waals surface area contributed by atoms with Gasteiger partial charge in [-0.3, -0.25) is 4.79 Å². The largest absolute Gasteiger partial charge is 0.478 e. The average Bonchev–Trinajstić information content (AvgIpc) is 3.16. The van der Waals surface area contributed by atoms with Crippen LogP contribution in [0.25, 0.3) is 11.3 Å². The number of nitrogens with one attached hydrogen (secondary N) is 2. The maximum absolute atomic E-state index is 11.8. The molecule has 0 unspecified atom stereocenters. The van der Waals surface area contributed by atoms with E-state index in [0.29, 0.717) is 17.1 Å². The summed E-state index contributed by atoms with van der Waals surface area (Å²) >= 11 is 2.21. The molecule has 0 spiro atoms. The Morgan fingerprint density at radius 2 is 1.82 bits per heavy atom. The number of nitrogens with zero attached hydrogens (tertiary/aromatic N) is 1. The second-order valence-corrected chi connectivity index (χ2v) is 6.95. The third-order valence-corrected chi connectivity index (χ3v) is 4.45. The molecule has 142 valence electrons. The Balaban J connectivity index is 1.56. The zero-order valence-electron chi connectivity index (χ0n) is 14.6. The van der Waals surface area contributed by atoms with E-state index in [2.05, 4.69) is 38.4 Å². The molecule has 1 aromatic heterocycles. The van der Waals surface area contributed by atoms with Crippen molar-refractivity contribution in [2.75, 3.05) is 11.9 Å². The van der Waals surface area contributed by atoms with Crippen LogP contribution < -0.4 is 10.7 Å². The number of hydrogen-bond acceptors (Lipinski definition) is 5. The minimum Gasteiger partial charge on any atom is -0.478 e. The van der Waals surface area contributed by atoms with Crippen LogP contribution in [0.2, 0.25) is 0 Å². The van der Waals surface area contributed by atoms with Gasteiger partial charge in [0.2, 0.25) is 0 Å². The van der Waals surface area contributed by atoms with Gasteiger partial charge < -0.3 is 14.8 Å². The predicted molar refractivity (Wildman–Crippen MR) is 114 cm³/mol. The van der Waals surface area contributed by atoms with Crippen LogP contribution in [0.15, 0.2) is 70.2 Å². The summed E-state index contributed by atoms with van der Waals surface area (Å²) in [7, 11) is 0.